The second-order valence-electron chi connectivity index (χ2n) is 2.98. The van der Waals surface area contributed by atoms with E-state index in [4.69, 9.17) is 0 Å². The molecule has 2 nitrogen and oxygen atoms in total. The fourth-order valence-corrected chi connectivity index (χ4v) is 1.30. The van der Waals surface area contributed by atoms with Crippen LogP contribution in [0.3, 0.4) is 0 Å². The molecule has 0 spiro atoms. The summed E-state index contributed by atoms with van der Waals surface area (Å²) in [5, 5.41) is 0. The number of rotatable bonds is 4. The number of carbonyl (C=O) groups excluding carboxylic acids is 1. The summed E-state index contributed by atoms with van der Waals surface area (Å²) in [6.07, 6.45) is 2.92. The summed E-state index contributed by atoms with van der Waals surface area (Å²) in [4.78, 5) is 10.9. The molecule has 0 aliphatic rings. The van der Waals surface area contributed by atoms with Gasteiger partial charge in [-0.3, -0.25) is 4.79 Å². The van der Waals surface area contributed by atoms with E-state index in [1.165, 1.54) is 7.11 Å². The molecule has 0 aliphatic carbocycles. The molecular weight excluding hydrogens is 176 g/mol. The van der Waals surface area contributed by atoms with Gasteiger partial charge in [0, 0.05) is 6.42 Å². The molecule has 0 amide bonds. The lowest BCUT2D eigenvalue weighted by atomic mass is 10.0. The third-order valence-electron chi connectivity index (χ3n) is 2.10. The lowest BCUT2D eigenvalue weighted by Crippen LogP contribution is -2.02. The maximum absolute atomic E-state index is 10.9. The molecule has 1 aromatic rings. The molecule has 74 valence electrons. The van der Waals surface area contributed by atoms with Gasteiger partial charge in [0.2, 0.25) is 0 Å². The minimum absolute atomic E-state index is 0.177. The number of benzene rings is 1. The molecule has 1 rings (SSSR count). The molecule has 0 fully saturated rings. The quantitative estimate of drug-likeness (QED) is 0.681. The first-order valence-corrected chi connectivity index (χ1v) is 4.55. The van der Waals surface area contributed by atoms with Crippen LogP contribution in [0.1, 0.15) is 17.5 Å². The average Bonchev–Trinajstić information content (AvgIpc) is 2.26. The van der Waals surface area contributed by atoms with Gasteiger partial charge in [0.05, 0.1) is 7.11 Å². The Morgan fingerprint density at radius 2 is 2.21 bits per heavy atom. The normalized spacial score (nSPS) is 9.50. The number of esters is 1. The maximum atomic E-state index is 10.9. The number of ether oxygens (including phenoxy) is 1. The SMILES string of the molecule is C=Cc1ccccc1CCC(=O)OC. The number of methoxy groups -OCH3 is 1. The van der Waals surface area contributed by atoms with E-state index in [0.717, 1.165) is 11.1 Å². The lowest BCUT2D eigenvalue weighted by molar-refractivity contribution is -0.140. The van der Waals surface area contributed by atoms with Gasteiger partial charge in [-0.25, -0.2) is 0 Å². The van der Waals surface area contributed by atoms with Crippen molar-refractivity contribution in [2.24, 2.45) is 0 Å². The zero-order valence-corrected chi connectivity index (χ0v) is 8.32. The smallest absolute Gasteiger partial charge is 0.305 e. The van der Waals surface area contributed by atoms with Crippen molar-refractivity contribution in [2.45, 2.75) is 12.8 Å². The van der Waals surface area contributed by atoms with E-state index in [0.29, 0.717) is 12.8 Å². The average molecular weight is 190 g/mol. The minimum Gasteiger partial charge on any atom is -0.469 e. The van der Waals surface area contributed by atoms with Crippen molar-refractivity contribution >= 4 is 12.0 Å². The van der Waals surface area contributed by atoms with Crippen LogP contribution in [-0.4, -0.2) is 13.1 Å². The molecule has 14 heavy (non-hydrogen) atoms. The van der Waals surface area contributed by atoms with Gasteiger partial charge in [0.1, 0.15) is 0 Å². The minimum atomic E-state index is -0.177. The summed E-state index contributed by atoms with van der Waals surface area (Å²) in [5.74, 6) is -0.177. The molecule has 0 heterocycles. The molecule has 0 N–H and O–H groups in total. The molecule has 0 bridgehead atoms. The van der Waals surface area contributed by atoms with Crippen molar-refractivity contribution < 1.29 is 9.53 Å². The van der Waals surface area contributed by atoms with Gasteiger partial charge in [0.15, 0.2) is 0 Å². The van der Waals surface area contributed by atoms with Gasteiger partial charge in [-0.1, -0.05) is 36.9 Å². The van der Waals surface area contributed by atoms with Gasteiger partial charge >= 0.3 is 5.97 Å². The van der Waals surface area contributed by atoms with Gasteiger partial charge in [-0.2, -0.15) is 0 Å². The van der Waals surface area contributed by atoms with E-state index in [1.807, 2.05) is 24.3 Å². The Kier molecular flexibility index (Phi) is 3.92. The topological polar surface area (TPSA) is 26.3 Å². The zero-order valence-electron chi connectivity index (χ0n) is 8.32. The van der Waals surface area contributed by atoms with Crippen molar-refractivity contribution in [1.82, 2.24) is 0 Å². The molecule has 0 saturated carbocycles. The van der Waals surface area contributed by atoms with E-state index in [1.54, 1.807) is 6.08 Å². The summed E-state index contributed by atoms with van der Waals surface area (Å²) < 4.78 is 4.58. The largest absolute Gasteiger partial charge is 0.469 e. The highest BCUT2D eigenvalue weighted by molar-refractivity contribution is 5.69. The standard InChI is InChI=1S/C12H14O2/c1-3-10-6-4-5-7-11(10)8-9-12(13)14-2/h3-7H,1,8-9H2,2H3. The highest BCUT2D eigenvalue weighted by atomic mass is 16.5. The Morgan fingerprint density at radius 1 is 1.50 bits per heavy atom. The number of hydrogen-bond donors (Lipinski definition) is 0. The third-order valence-corrected chi connectivity index (χ3v) is 2.10. The molecule has 0 unspecified atom stereocenters. The van der Waals surface area contributed by atoms with E-state index in [9.17, 15) is 4.79 Å². The summed E-state index contributed by atoms with van der Waals surface area (Å²) in [7, 11) is 1.40. The first kappa shape index (κ1) is 10.5. The maximum Gasteiger partial charge on any atom is 0.305 e. The summed E-state index contributed by atoms with van der Waals surface area (Å²) in [6.45, 7) is 3.72. The molecule has 0 radical (unpaired) electrons. The summed E-state index contributed by atoms with van der Waals surface area (Å²) >= 11 is 0. The summed E-state index contributed by atoms with van der Waals surface area (Å²) in [6, 6.07) is 7.90. The molecule has 0 atom stereocenters. The van der Waals surface area contributed by atoms with Crippen LogP contribution in [-0.2, 0) is 16.0 Å². The fourth-order valence-electron chi connectivity index (χ4n) is 1.30. The Balaban J connectivity index is 2.66. The second kappa shape index (κ2) is 5.22. The summed E-state index contributed by atoms with van der Waals surface area (Å²) in [5.41, 5.74) is 2.21. The highest BCUT2D eigenvalue weighted by Gasteiger charge is 2.03. The predicted molar refractivity (Wildman–Crippen MR) is 56.9 cm³/mol. The van der Waals surface area contributed by atoms with Crippen LogP contribution in [0.2, 0.25) is 0 Å². The van der Waals surface area contributed by atoms with Gasteiger partial charge in [-0.05, 0) is 17.5 Å². The van der Waals surface area contributed by atoms with E-state index in [-0.39, 0.29) is 5.97 Å². The Hall–Kier alpha value is -1.57. The predicted octanol–water partition coefficient (Wildman–Crippen LogP) is 2.44. The molecule has 0 saturated heterocycles. The van der Waals surface area contributed by atoms with Crippen LogP contribution in [0.25, 0.3) is 6.08 Å². The van der Waals surface area contributed by atoms with Crippen LogP contribution >= 0.6 is 0 Å². The Bertz CT molecular complexity index is 329. The van der Waals surface area contributed by atoms with Crippen molar-refractivity contribution in [2.75, 3.05) is 7.11 Å². The van der Waals surface area contributed by atoms with Crippen molar-refractivity contribution in [3.8, 4) is 0 Å². The van der Waals surface area contributed by atoms with Crippen LogP contribution < -0.4 is 0 Å². The van der Waals surface area contributed by atoms with E-state index >= 15 is 0 Å². The zero-order chi connectivity index (χ0) is 10.4. The number of hydrogen-bond acceptors (Lipinski definition) is 2. The van der Waals surface area contributed by atoms with Crippen LogP contribution in [0.5, 0.6) is 0 Å². The van der Waals surface area contributed by atoms with Crippen molar-refractivity contribution in [1.29, 1.82) is 0 Å². The molecule has 0 aliphatic heterocycles. The lowest BCUT2D eigenvalue weighted by Gasteiger charge is -2.04. The van der Waals surface area contributed by atoms with Crippen LogP contribution in [0.4, 0.5) is 0 Å². The van der Waals surface area contributed by atoms with Gasteiger partial charge in [-0.15, -0.1) is 0 Å². The van der Waals surface area contributed by atoms with Crippen LogP contribution in [0, 0.1) is 0 Å². The number of aryl methyl sites for hydroxylation is 1. The van der Waals surface area contributed by atoms with Crippen molar-refractivity contribution in [3.63, 3.8) is 0 Å². The molecule has 0 aromatic heterocycles. The fraction of sp³-hybridized carbons (Fsp3) is 0.250. The van der Waals surface area contributed by atoms with Crippen LogP contribution in [0.15, 0.2) is 30.8 Å². The molecular formula is C12H14O2. The first-order chi connectivity index (χ1) is 6.77. The van der Waals surface area contributed by atoms with Gasteiger partial charge in [0.25, 0.3) is 0 Å². The van der Waals surface area contributed by atoms with E-state index in [2.05, 4.69) is 11.3 Å². The first-order valence-electron chi connectivity index (χ1n) is 4.55. The molecule has 1 aromatic carbocycles. The highest BCUT2D eigenvalue weighted by Crippen LogP contribution is 2.12. The third kappa shape index (κ3) is 2.73. The van der Waals surface area contributed by atoms with Gasteiger partial charge < -0.3 is 4.74 Å². The van der Waals surface area contributed by atoms with E-state index < -0.39 is 0 Å². The second-order valence-corrected chi connectivity index (χ2v) is 2.98. The molecule has 2 heteroatoms. The Labute approximate surface area is 84.2 Å². The monoisotopic (exact) mass is 190 g/mol. The number of carbonyl (C=O) groups is 1. The Morgan fingerprint density at radius 3 is 2.86 bits per heavy atom. The van der Waals surface area contributed by atoms with Crippen molar-refractivity contribution in [3.05, 3.63) is 42.0 Å².